The first-order valence-electron chi connectivity index (χ1n) is 5.13. The minimum absolute atomic E-state index is 0.136. The summed E-state index contributed by atoms with van der Waals surface area (Å²) < 4.78 is 0. The number of nitrogens with one attached hydrogen (secondary N) is 1. The van der Waals surface area contributed by atoms with Gasteiger partial charge >= 0.3 is 0 Å². The number of aliphatic hydroxyl groups is 1. The third-order valence-corrected chi connectivity index (χ3v) is 2.97. The molecule has 1 heterocycles. The summed E-state index contributed by atoms with van der Waals surface area (Å²) in [5.41, 5.74) is 0. The molecular formula is C11H18N2OS. The van der Waals surface area contributed by atoms with E-state index in [-0.39, 0.29) is 12.6 Å². The van der Waals surface area contributed by atoms with Crippen molar-refractivity contribution in [1.29, 1.82) is 0 Å². The molecule has 0 spiro atoms. The molecule has 0 aromatic carbocycles. The summed E-state index contributed by atoms with van der Waals surface area (Å²) in [6.45, 7) is 4.32. The van der Waals surface area contributed by atoms with Gasteiger partial charge in [-0.15, -0.1) is 11.8 Å². The van der Waals surface area contributed by atoms with Gasteiger partial charge in [0.25, 0.3) is 0 Å². The van der Waals surface area contributed by atoms with E-state index in [4.69, 9.17) is 5.11 Å². The minimum atomic E-state index is 0.136. The highest BCUT2D eigenvalue weighted by Gasteiger charge is 2.08. The van der Waals surface area contributed by atoms with Crippen LogP contribution in [0, 0.1) is 0 Å². The summed E-state index contributed by atoms with van der Waals surface area (Å²) in [6.07, 6.45) is 1.78. The van der Waals surface area contributed by atoms with Crippen molar-refractivity contribution in [3.63, 3.8) is 0 Å². The van der Waals surface area contributed by atoms with E-state index in [1.54, 1.807) is 18.0 Å². The van der Waals surface area contributed by atoms with Crippen LogP contribution in [-0.2, 0) is 0 Å². The number of aromatic nitrogens is 1. The van der Waals surface area contributed by atoms with Crippen LogP contribution in [-0.4, -0.2) is 34.5 Å². The zero-order valence-electron chi connectivity index (χ0n) is 9.18. The second kappa shape index (κ2) is 6.82. The Hall–Kier alpha value is -0.580. The van der Waals surface area contributed by atoms with E-state index >= 15 is 0 Å². The Balaban J connectivity index is 2.34. The molecule has 0 aliphatic heterocycles. The van der Waals surface area contributed by atoms with Crippen LogP contribution in [0.2, 0.25) is 0 Å². The lowest BCUT2D eigenvalue weighted by molar-refractivity contribution is 0.247. The molecule has 0 aliphatic rings. The zero-order valence-corrected chi connectivity index (χ0v) is 10.00. The van der Waals surface area contributed by atoms with Crippen molar-refractivity contribution in [3.05, 3.63) is 24.4 Å². The highest BCUT2D eigenvalue weighted by molar-refractivity contribution is 7.99. The maximum Gasteiger partial charge on any atom is 0.0960 e. The first-order chi connectivity index (χ1) is 7.22. The Morgan fingerprint density at radius 3 is 2.80 bits per heavy atom. The Morgan fingerprint density at radius 1 is 1.47 bits per heavy atom. The van der Waals surface area contributed by atoms with Crippen molar-refractivity contribution in [2.24, 2.45) is 0 Å². The van der Waals surface area contributed by atoms with E-state index < -0.39 is 0 Å². The highest BCUT2D eigenvalue weighted by atomic mass is 32.2. The van der Waals surface area contributed by atoms with Crippen molar-refractivity contribution in [1.82, 2.24) is 10.3 Å². The van der Waals surface area contributed by atoms with Gasteiger partial charge in [-0.05, 0) is 12.1 Å². The molecule has 84 valence electrons. The van der Waals surface area contributed by atoms with E-state index in [9.17, 15) is 0 Å². The number of aliphatic hydroxyl groups excluding tert-OH is 1. The molecule has 1 aromatic rings. The van der Waals surface area contributed by atoms with Gasteiger partial charge in [-0.25, -0.2) is 4.98 Å². The van der Waals surface area contributed by atoms with Crippen LogP contribution in [0.1, 0.15) is 13.8 Å². The molecule has 1 aromatic heterocycles. The van der Waals surface area contributed by atoms with Crippen molar-refractivity contribution < 1.29 is 5.11 Å². The largest absolute Gasteiger partial charge is 0.395 e. The molecule has 1 unspecified atom stereocenters. The van der Waals surface area contributed by atoms with E-state index in [0.29, 0.717) is 6.04 Å². The van der Waals surface area contributed by atoms with Gasteiger partial charge < -0.3 is 10.4 Å². The lowest BCUT2D eigenvalue weighted by Gasteiger charge is -2.18. The average molecular weight is 226 g/mol. The third-order valence-electron chi connectivity index (χ3n) is 1.86. The number of rotatable bonds is 6. The molecule has 0 saturated carbocycles. The fourth-order valence-electron chi connectivity index (χ4n) is 1.24. The fraction of sp³-hybridized carbons (Fsp3) is 0.545. The topological polar surface area (TPSA) is 45.1 Å². The summed E-state index contributed by atoms with van der Waals surface area (Å²) in [5.74, 6) is 0.839. The van der Waals surface area contributed by atoms with Crippen molar-refractivity contribution in [2.45, 2.75) is 31.0 Å². The summed E-state index contributed by atoms with van der Waals surface area (Å²) in [7, 11) is 0. The zero-order chi connectivity index (χ0) is 11.1. The molecule has 1 rings (SSSR count). The van der Waals surface area contributed by atoms with Crippen LogP contribution >= 0.6 is 11.8 Å². The quantitative estimate of drug-likeness (QED) is 0.722. The van der Waals surface area contributed by atoms with Crippen LogP contribution in [0.4, 0.5) is 0 Å². The van der Waals surface area contributed by atoms with E-state index in [2.05, 4.69) is 24.1 Å². The van der Waals surface area contributed by atoms with Gasteiger partial charge in [-0.1, -0.05) is 19.9 Å². The predicted molar refractivity (Wildman–Crippen MR) is 64.1 cm³/mol. The first kappa shape index (κ1) is 12.5. The van der Waals surface area contributed by atoms with Crippen molar-refractivity contribution >= 4 is 11.8 Å². The molecule has 1 atom stereocenters. The lowest BCUT2D eigenvalue weighted by atomic mass is 10.3. The normalized spacial score (nSPS) is 13.1. The van der Waals surface area contributed by atoms with Gasteiger partial charge in [-0.2, -0.15) is 0 Å². The maximum absolute atomic E-state index is 9.16. The second-order valence-electron chi connectivity index (χ2n) is 3.68. The predicted octanol–water partition coefficient (Wildman–Crippen LogP) is 1.53. The molecule has 15 heavy (non-hydrogen) atoms. The minimum Gasteiger partial charge on any atom is -0.395 e. The molecule has 0 fully saturated rings. The molecule has 3 nitrogen and oxygen atoms in total. The molecule has 0 saturated heterocycles. The molecular weight excluding hydrogens is 208 g/mol. The van der Waals surface area contributed by atoms with Crippen molar-refractivity contribution in [2.75, 3.05) is 12.4 Å². The van der Waals surface area contributed by atoms with Crippen LogP contribution in [0.15, 0.2) is 29.4 Å². The van der Waals surface area contributed by atoms with Gasteiger partial charge in [0.1, 0.15) is 0 Å². The molecule has 0 radical (unpaired) electrons. The molecule has 4 heteroatoms. The average Bonchev–Trinajstić information content (AvgIpc) is 2.25. The summed E-state index contributed by atoms with van der Waals surface area (Å²) in [5, 5.41) is 13.5. The van der Waals surface area contributed by atoms with E-state index in [1.807, 2.05) is 18.2 Å². The Bertz CT molecular complexity index is 267. The SMILES string of the molecule is CC(C)NC(CO)CSc1ccccn1. The standard InChI is InChI=1S/C11H18N2OS/c1-9(2)13-10(7-14)8-15-11-5-3-4-6-12-11/h3-6,9-10,13-14H,7-8H2,1-2H3. The first-order valence-corrected chi connectivity index (χ1v) is 6.11. The van der Waals surface area contributed by atoms with Crippen molar-refractivity contribution in [3.8, 4) is 0 Å². The molecule has 0 aliphatic carbocycles. The molecule has 0 amide bonds. The Kier molecular flexibility index (Phi) is 5.68. The van der Waals surface area contributed by atoms with Crippen LogP contribution in [0.25, 0.3) is 0 Å². The number of hydrogen-bond acceptors (Lipinski definition) is 4. The summed E-state index contributed by atoms with van der Waals surface area (Å²) >= 11 is 1.66. The highest BCUT2D eigenvalue weighted by Crippen LogP contribution is 2.14. The van der Waals surface area contributed by atoms with Crippen LogP contribution in [0.5, 0.6) is 0 Å². The number of thioether (sulfide) groups is 1. The maximum atomic E-state index is 9.16. The third kappa shape index (κ3) is 5.16. The van der Waals surface area contributed by atoms with Gasteiger partial charge in [-0.3, -0.25) is 0 Å². The van der Waals surface area contributed by atoms with E-state index in [1.165, 1.54) is 0 Å². The summed E-state index contributed by atoms with van der Waals surface area (Å²) in [6, 6.07) is 6.39. The number of pyridine rings is 1. The summed E-state index contributed by atoms with van der Waals surface area (Å²) in [4.78, 5) is 4.22. The van der Waals surface area contributed by atoms with Crippen LogP contribution < -0.4 is 5.32 Å². The van der Waals surface area contributed by atoms with Gasteiger partial charge in [0.2, 0.25) is 0 Å². The van der Waals surface area contributed by atoms with Gasteiger partial charge in [0.15, 0.2) is 0 Å². The fourth-order valence-corrected chi connectivity index (χ4v) is 2.13. The van der Waals surface area contributed by atoms with Gasteiger partial charge in [0.05, 0.1) is 11.6 Å². The monoisotopic (exact) mass is 226 g/mol. The van der Waals surface area contributed by atoms with Gasteiger partial charge in [0, 0.05) is 24.0 Å². The Morgan fingerprint density at radius 2 is 2.27 bits per heavy atom. The lowest BCUT2D eigenvalue weighted by Crippen LogP contribution is -2.39. The van der Waals surface area contributed by atoms with E-state index in [0.717, 1.165) is 10.8 Å². The Labute approximate surface area is 95.3 Å². The molecule has 0 bridgehead atoms. The second-order valence-corrected chi connectivity index (χ2v) is 4.72. The molecule has 2 N–H and O–H groups in total. The smallest absolute Gasteiger partial charge is 0.0960 e. The van der Waals surface area contributed by atoms with Crippen LogP contribution in [0.3, 0.4) is 0 Å². The number of nitrogens with zero attached hydrogens (tertiary/aromatic N) is 1. The number of hydrogen-bond donors (Lipinski definition) is 2.